The molecule has 9 nitrogen and oxygen atoms in total. The van der Waals surface area contributed by atoms with Crippen LogP contribution in [0.15, 0.2) is 59.7 Å². The number of nitro groups is 1. The zero-order valence-corrected chi connectivity index (χ0v) is 19.2. The molecule has 0 N–H and O–H groups in total. The first-order valence-electron chi connectivity index (χ1n) is 11.7. The summed E-state index contributed by atoms with van der Waals surface area (Å²) in [5.74, 6) is 0.219. The molecule has 9 heteroatoms. The topological polar surface area (TPSA) is 111 Å². The molecule has 2 amide bonds. The second kappa shape index (κ2) is 9.32. The lowest BCUT2D eigenvalue weighted by atomic mass is 9.63. The highest BCUT2D eigenvalue weighted by Gasteiger charge is 2.56. The van der Waals surface area contributed by atoms with Gasteiger partial charge in [-0.25, -0.2) is 0 Å². The quantitative estimate of drug-likeness (QED) is 0.187. The van der Waals surface area contributed by atoms with Crippen molar-refractivity contribution < 1.29 is 24.0 Å². The van der Waals surface area contributed by atoms with E-state index in [0.29, 0.717) is 23.7 Å². The molecule has 1 saturated heterocycles. The number of carbonyl (C=O) groups excluding carboxylic acids is 2. The Bertz CT molecular complexity index is 1190. The van der Waals surface area contributed by atoms with E-state index < -0.39 is 4.92 Å². The summed E-state index contributed by atoms with van der Waals surface area (Å²) in [6, 6.07) is 11.4. The van der Waals surface area contributed by atoms with E-state index in [2.05, 4.69) is 17.3 Å². The number of amides is 2. The first-order valence-corrected chi connectivity index (χ1v) is 11.7. The summed E-state index contributed by atoms with van der Waals surface area (Å²) in [5, 5.41) is 16.1. The monoisotopic (exact) mass is 475 g/mol. The Morgan fingerprint density at radius 1 is 1.00 bits per heavy atom. The second-order valence-corrected chi connectivity index (χ2v) is 8.93. The van der Waals surface area contributed by atoms with Crippen molar-refractivity contribution in [1.29, 1.82) is 0 Å². The van der Waals surface area contributed by atoms with Crippen LogP contribution >= 0.6 is 0 Å². The van der Waals surface area contributed by atoms with E-state index in [9.17, 15) is 19.7 Å². The molecule has 35 heavy (non-hydrogen) atoms. The number of rotatable bonds is 8. The molecule has 2 aromatic rings. The molecule has 4 atom stereocenters. The minimum absolute atomic E-state index is 0.0190. The number of allylic oxidation sites excluding steroid dienone is 2. The van der Waals surface area contributed by atoms with Crippen molar-refractivity contribution in [3.8, 4) is 11.5 Å². The predicted molar refractivity (Wildman–Crippen MR) is 127 cm³/mol. The fourth-order valence-corrected chi connectivity index (χ4v) is 5.16. The Balaban J connectivity index is 1.29. The molecule has 1 heterocycles. The molecule has 0 spiro atoms. The largest absolute Gasteiger partial charge is 0.490 e. The minimum Gasteiger partial charge on any atom is -0.490 e. The van der Waals surface area contributed by atoms with Crippen LogP contribution in [-0.4, -0.2) is 34.6 Å². The van der Waals surface area contributed by atoms with E-state index >= 15 is 0 Å². The van der Waals surface area contributed by atoms with Gasteiger partial charge in [0.15, 0.2) is 11.5 Å². The number of hydrogen-bond donors (Lipinski definition) is 0. The number of benzene rings is 2. The van der Waals surface area contributed by atoms with E-state index in [1.165, 1.54) is 18.3 Å². The van der Waals surface area contributed by atoms with Gasteiger partial charge in [-0.2, -0.15) is 10.1 Å². The van der Waals surface area contributed by atoms with Crippen molar-refractivity contribution in [2.45, 2.75) is 26.4 Å². The van der Waals surface area contributed by atoms with Crippen molar-refractivity contribution >= 4 is 23.7 Å². The van der Waals surface area contributed by atoms with Crippen molar-refractivity contribution in [3.63, 3.8) is 0 Å². The number of hydrazone groups is 1. The summed E-state index contributed by atoms with van der Waals surface area (Å²) in [6.07, 6.45) is 7.54. The summed E-state index contributed by atoms with van der Waals surface area (Å²) in [7, 11) is 0. The third-order valence-corrected chi connectivity index (χ3v) is 6.87. The number of fused-ring (bicyclic) bond motifs is 1. The van der Waals surface area contributed by atoms with Crippen LogP contribution in [0.25, 0.3) is 0 Å². The Morgan fingerprint density at radius 2 is 1.66 bits per heavy atom. The second-order valence-electron chi connectivity index (χ2n) is 8.93. The highest BCUT2D eigenvalue weighted by atomic mass is 16.6. The third kappa shape index (κ3) is 4.29. The fourth-order valence-electron chi connectivity index (χ4n) is 5.16. The van der Waals surface area contributed by atoms with E-state index in [0.717, 1.165) is 23.4 Å². The molecular formula is C26H25N3O6. The van der Waals surface area contributed by atoms with Gasteiger partial charge in [0, 0.05) is 12.1 Å². The van der Waals surface area contributed by atoms with Crippen molar-refractivity contribution in [2.24, 2.45) is 28.8 Å². The lowest BCUT2D eigenvalue weighted by Gasteiger charge is -2.37. The van der Waals surface area contributed by atoms with Crippen LogP contribution in [0.2, 0.25) is 0 Å². The highest BCUT2D eigenvalue weighted by molar-refractivity contribution is 6.06. The molecule has 0 radical (unpaired) electrons. The number of imide groups is 1. The van der Waals surface area contributed by atoms with Gasteiger partial charge < -0.3 is 9.47 Å². The summed E-state index contributed by atoms with van der Waals surface area (Å²) in [4.78, 5) is 36.2. The lowest BCUT2D eigenvalue weighted by molar-refractivity contribution is -0.384. The molecule has 3 aliphatic carbocycles. The molecule has 4 aliphatic rings. The molecular weight excluding hydrogens is 450 g/mol. The predicted octanol–water partition coefficient (Wildman–Crippen LogP) is 4.10. The molecule has 0 aromatic heterocycles. The van der Waals surface area contributed by atoms with Crippen LogP contribution in [0.4, 0.5) is 5.69 Å². The SMILES string of the molecule is CCOc1cc(/C=N\N2C(=O)[C@H]3[C@H](C2=O)[C@@H]2C=C[C@@H]3CC2)ccc1OCc1ccc([N+](=O)[O-])cc1. The standard InChI is InChI=1S/C26H25N3O6/c1-2-34-22-13-17(5-12-21(22)35-15-16-3-10-20(11-4-16)29(32)33)14-27-28-25(30)23-18-6-7-19(9-8-18)24(23)26(28)31/h3-7,10-14,18-19,23-24H,2,8-9,15H2,1H3/b27-14-/t18-,19-,23-,24-/m1/s1. The van der Waals surface area contributed by atoms with Gasteiger partial charge in [-0.1, -0.05) is 12.2 Å². The normalized spacial score (nSPS) is 24.8. The van der Waals surface area contributed by atoms with Crippen LogP contribution in [0.5, 0.6) is 11.5 Å². The average molecular weight is 476 g/mol. The van der Waals surface area contributed by atoms with Crippen molar-refractivity contribution in [2.75, 3.05) is 6.61 Å². The number of nitro benzene ring substituents is 1. The average Bonchev–Trinajstić information content (AvgIpc) is 3.15. The molecule has 6 rings (SSSR count). The maximum Gasteiger partial charge on any atom is 0.269 e. The Hall–Kier alpha value is -4.01. The zero-order valence-electron chi connectivity index (χ0n) is 19.2. The maximum atomic E-state index is 12.9. The maximum absolute atomic E-state index is 12.9. The smallest absolute Gasteiger partial charge is 0.269 e. The van der Waals surface area contributed by atoms with Gasteiger partial charge in [0.05, 0.1) is 29.6 Å². The van der Waals surface area contributed by atoms with Gasteiger partial charge in [0.25, 0.3) is 17.5 Å². The first-order chi connectivity index (χ1) is 17.0. The van der Waals surface area contributed by atoms with E-state index in [1.54, 1.807) is 30.3 Å². The zero-order chi connectivity index (χ0) is 24.5. The van der Waals surface area contributed by atoms with Crippen molar-refractivity contribution in [3.05, 3.63) is 75.9 Å². The fraction of sp³-hybridized carbons (Fsp3) is 0.346. The van der Waals surface area contributed by atoms with Gasteiger partial charge in [-0.3, -0.25) is 19.7 Å². The summed E-state index contributed by atoms with van der Waals surface area (Å²) in [5.41, 5.74) is 1.46. The van der Waals surface area contributed by atoms with Crippen LogP contribution < -0.4 is 9.47 Å². The van der Waals surface area contributed by atoms with Crippen LogP contribution in [0.1, 0.15) is 30.9 Å². The minimum atomic E-state index is -0.448. The Morgan fingerprint density at radius 3 is 2.23 bits per heavy atom. The number of nitrogens with zero attached hydrogens (tertiary/aromatic N) is 3. The van der Waals surface area contributed by atoms with Crippen LogP contribution in [0.3, 0.4) is 0 Å². The number of carbonyl (C=O) groups is 2. The van der Waals surface area contributed by atoms with E-state index in [1.807, 2.05) is 6.92 Å². The molecule has 0 unspecified atom stereocenters. The highest BCUT2D eigenvalue weighted by Crippen LogP contribution is 2.49. The molecule has 2 bridgehead atoms. The van der Waals surface area contributed by atoms with Gasteiger partial charge in [0.2, 0.25) is 0 Å². The van der Waals surface area contributed by atoms with Crippen molar-refractivity contribution in [1.82, 2.24) is 5.01 Å². The Kier molecular flexibility index (Phi) is 6.07. The van der Waals surface area contributed by atoms with Gasteiger partial charge in [-0.15, -0.1) is 0 Å². The lowest BCUT2D eigenvalue weighted by Crippen LogP contribution is -2.38. The Labute approximate surface area is 202 Å². The summed E-state index contributed by atoms with van der Waals surface area (Å²) < 4.78 is 11.6. The first kappa shape index (κ1) is 22.8. The van der Waals surface area contributed by atoms with Crippen LogP contribution in [-0.2, 0) is 16.2 Å². The molecule has 2 fully saturated rings. The van der Waals surface area contributed by atoms with Crippen LogP contribution in [0, 0.1) is 33.8 Å². The van der Waals surface area contributed by atoms with Gasteiger partial charge in [0.1, 0.15) is 6.61 Å². The molecule has 2 aromatic carbocycles. The third-order valence-electron chi connectivity index (χ3n) is 6.87. The number of non-ortho nitro benzene ring substituents is 1. The summed E-state index contributed by atoms with van der Waals surface area (Å²) >= 11 is 0. The van der Waals surface area contributed by atoms with Gasteiger partial charge in [-0.05, 0) is 73.1 Å². The van der Waals surface area contributed by atoms with E-state index in [4.69, 9.17) is 9.47 Å². The molecule has 180 valence electrons. The summed E-state index contributed by atoms with van der Waals surface area (Å²) in [6.45, 7) is 2.48. The van der Waals surface area contributed by atoms with Gasteiger partial charge >= 0.3 is 0 Å². The number of hydrogen-bond acceptors (Lipinski definition) is 7. The molecule has 1 aliphatic heterocycles. The number of ether oxygens (including phenoxy) is 2. The van der Waals surface area contributed by atoms with E-state index in [-0.39, 0.29) is 47.8 Å². The molecule has 1 saturated carbocycles.